The van der Waals surface area contributed by atoms with Gasteiger partial charge in [-0.05, 0) is 77.9 Å². The lowest BCUT2D eigenvalue weighted by atomic mass is 10.2. The summed E-state index contributed by atoms with van der Waals surface area (Å²) >= 11 is 0. The molecule has 3 nitrogen and oxygen atoms in total. The maximum atomic E-state index is 13.4. The molecule has 6 heteroatoms. The molecular formula is C25H21FO3S2. The number of hydrogen-bond acceptors (Lipinski definition) is 3. The van der Waals surface area contributed by atoms with Crippen LogP contribution in [0.5, 0.6) is 0 Å². The first-order chi connectivity index (χ1) is 14.9. The van der Waals surface area contributed by atoms with Crippen molar-refractivity contribution in [1.82, 2.24) is 0 Å². The highest BCUT2D eigenvalue weighted by molar-refractivity contribution is 8.33. The lowest BCUT2D eigenvalue weighted by molar-refractivity contribution is 0.508. The van der Waals surface area contributed by atoms with E-state index in [4.69, 9.17) is 3.63 Å². The minimum atomic E-state index is -4.22. The molecule has 0 bridgehead atoms. The van der Waals surface area contributed by atoms with E-state index in [1.165, 1.54) is 12.1 Å². The van der Waals surface area contributed by atoms with E-state index in [1.54, 1.807) is 0 Å². The van der Waals surface area contributed by atoms with Gasteiger partial charge in [0.25, 0.3) is 0 Å². The molecule has 0 amide bonds. The largest absolute Gasteiger partial charge is 0.307 e. The summed E-state index contributed by atoms with van der Waals surface area (Å²) < 4.78 is 46.4. The highest BCUT2D eigenvalue weighted by Gasteiger charge is 2.38. The van der Waals surface area contributed by atoms with Crippen molar-refractivity contribution in [2.24, 2.45) is 0 Å². The first-order valence-corrected chi connectivity index (χ1v) is 12.6. The van der Waals surface area contributed by atoms with Crippen molar-refractivity contribution in [3.8, 4) is 0 Å². The van der Waals surface area contributed by atoms with E-state index < -0.39 is 26.2 Å². The first-order valence-electron chi connectivity index (χ1n) is 9.64. The summed E-state index contributed by atoms with van der Waals surface area (Å²) in [7, 11) is -6.87. The van der Waals surface area contributed by atoms with Gasteiger partial charge in [0.1, 0.15) is 5.82 Å². The summed E-state index contributed by atoms with van der Waals surface area (Å²) in [6.45, 7) is 1.97. The van der Waals surface area contributed by atoms with Crippen molar-refractivity contribution in [1.29, 1.82) is 0 Å². The Kier molecular flexibility index (Phi) is 5.96. The second-order valence-electron chi connectivity index (χ2n) is 6.97. The maximum Gasteiger partial charge on any atom is 0.307 e. The van der Waals surface area contributed by atoms with E-state index in [0.29, 0.717) is 0 Å². The van der Waals surface area contributed by atoms with Crippen molar-refractivity contribution in [3.63, 3.8) is 0 Å². The van der Waals surface area contributed by atoms with Crippen molar-refractivity contribution >= 4 is 20.4 Å². The third-order valence-electron chi connectivity index (χ3n) is 4.80. The molecule has 158 valence electrons. The Labute approximate surface area is 183 Å². The molecule has 0 aliphatic heterocycles. The van der Waals surface area contributed by atoms with Crippen molar-refractivity contribution in [2.75, 3.05) is 0 Å². The summed E-state index contributed by atoms with van der Waals surface area (Å²) in [5, 5.41) is 0. The molecular weight excluding hydrogens is 431 g/mol. The third kappa shape index (κ3) is 4.28. The Balaban J connectivity index is 2.00. The zero-order valence-electron chi connectivity index (χ0n) is 16.8. The Bertz CT molecular complexity index is 1220. The van der Waals surface area contributed by atoms with Crippen LogP contribution in [0.15, 0.2) is 129 Å². The molecule has 0 saturated heterocycles. The highest BCUT2D eigenvalue weighted by atomic mass is 32.3. The van der Waals surface area contributed by atoms with Crippen LogP contribution >= 0.6 is 10.3 Å². The Morgan fingerprint density at radius 3 is 1.48 bits per heavy atom. The molecule has 0 N–H and O–H groups in total. The smallest absolute Gasteiger partial charge is 0.207 e. The summed E-state index contributed by atoms with van der Waals surface area (Å²) in [4.78, 5) is 2.15. The molecule has 0 aliphatic carbocycles. The zero-order chi connectivity index (χ0) is 21.9. The molecule has 0 heterocycles. The van der Waals surface area contributed by atoms with E-state index in [2.05, 4.69) is 0 Å². The van der Waals surface area contributed by atoms with Crippen molar-refractivity contribution in [2.45, 2.75) is 26.5 Å². The zero-order valence-corrected chi connectivity index (χ0v) is 18.4. The SMILES string of the molecule is Cc1ccc(S(OS(=O)(=O)c2ccc(F)cc2)(c2ccccc2)c2ccccc2)cc1. The molecule has 0 saturated carbocycles. The van der Waals surface area contributed by atoms with Gasteiger partial charge in [-0.15, -0.1) is 0 Å². The van der Waals surface area contributed by atoms with Gasteiger partial charge in [0, 0.05) is 14.7 Å². The minimum absolute atomic E-state index is 0.0928. The van der Waals surface area contributed by atoms with Gasteiger partial charge in [0.15, 0.2) is 0 Å². The van der Waals surface area contributed by atoms with Gasteiger partial charge in [-0.1, -0.05) is 54.1 Å². The molecule has 0 aromatic heterocycles. The molecule has 4 rings (SSSR count). The summed E-state index contributed by atoms with van der Waals surface area (Å²) in [5.74, 6) is -0.512. The van der Waals surface area contributed by atoms with Gasteiger partial charge >= 0.3 is 10.1 Å². The predicted molar refractivity (Wildman–Crippen MR) is 121 cm³/mol. The van der Waals surface area contributed by atoms with Gasteiger partial charge in [-0.25, -0.2) is 8.02 Å². The molecule has 0 aliphatic rings. The van der Waals surface area contributed by atoms with E-state index in [1.807, 2.05) is 91.9 Å². The number of benzene rings is 4. The molecule has 0 atom stereocenters. The van der Waals surface area contributed by atoms with Crippen LogP contribution in [0.25, 0.3) is 0 Å². The Morgan fingerprint density at radius 2 is 1.00 bits per heavy atom. The molecule has 0 unspecified atom stereocenters. The van der Waals surface area contributed by atoms with Crippen LogP contribution in [0.4, 0.5) is 4.39 Å². The molecule has 4 aromatic rings. The fourth-order valence-corrected chi connectivity index (χ4v) is 8.47. The summed E-state index contributed by atoms with van der Waals surface area (Å²) in [5.41, 5.74) is 1.06. The predicted octanol–water partition coefficient (Wildman–Crippen LogP) is 6.74. The van der Waals surface area contributed by atoms with Crippen LogP contribution in [0.3, 0.4) is 0 Å². The maximum absolute atomic E-state index is 13.4. The number of halogens is 1. The monoisotopic (exact) mass is 452 g/mol. The molecule has 31 heavy (non-hydrogen) atoms. The van der Waals surface area contributed by atoms with Crippen LogP contribution in [0, 0.1) is 12.7 Å². The first kappa shape index (κ1) is 21.3. The van der Waals surface area contributed by atoms with E-state index in [-0.39, 0.29) is 4.90 Å². The van der Waals surface area contributed by atoms with E-state index >= 15 is 0 Å². The van der Waals surface area contributed by atoms with Gasteiger partial charge in [0.05, 0.1) is 4.90 Å². The fraction of sp³-hybridized carbons (Fsp3) is 0.0400. The second-order valence-corrected chi connectivity index (χ2v) is 11.4. The molecule has 4 aromatic carbocycles. The third-order valence-corrected chi connectivity index (χ3v) is 9.99. The fourth-order valence-electron chi connectivity index (χ4n) is 3.26. The molecule has 0 spiro atoms. The quantitative estimate of drug-likeness (QED) is 0.325. The highest BCUT2D eigenvalue weighted by Crippen LogP contribution is 2.70. The minimum Gasteiger partial charge on any atom is -0.207 e. The number of rotatable bonds is 6. The van der Waals surface area contributed by atoms with Gasteiger partial charge in [0.2, 0.25) is 0 Å². The van der Waals surface area contributed by atoms with Crippen LogP contribution in [-0.2, 0) is 13.7 Å². The van der Waals surface area contributed by atoms with Gasteiger partial charge in [-0.2, -0.15) is 8.42 Å². The van der Waals surface area contributed by atoms with Crippen molar-refractivity contribution in [3.05, 3.63) is 121 Å². The lowest BCUT2D eigenvalue weighted by Crippen LogP contribution is -2.14. The second kappa shape index (κ2) is 8.67. The lowest BCUT2D eigenvalue weighted by Gasteiger charge is -2.39. The molecule has 0 fully saturated rings. The van der Waals surface area contributed by atoms with Crippen LogP contribution in [0.1, 0.15) is 5.56 Å². The molecule has 0 radical (unpaired) electrons. The average molecular weight is 453 g/mol. The number of aryl methyl sites for hydroxylation is 1. The summed E-state index contributed by atoms with van der Waals surface area (Å²) in [6, 6.07) is 31.1. The Hall–Kier alpha value is -2.93. The Morgan fingerprint density at radius 1 is 0.581 bits per heavy atom. The van der Waals surface area contributed by atoms with E-state index in [9.17, 15) is 12.8 Å². The summed E-state index contributed by atoms with van der Waals surface area (Å²) in [6.07, 6.45) is 0. The van der Waals surface area contributed by atoms with E-state index in [0.717, 1.165) is 32.4 Å². The van der Waals surface area contributed by atoms with Gasteiger partial charge < -0.3 is 0 Å². The average Bonchev–Trinajstić information content (AvgIpc) is 2.79. The number of hydrogen-bond donors (Lipinski definition) is 0. The van der Waals surface area contributed by atoms with Crippen LogP contribution in [0.2, 0.25) is 0 Å². The van der Waals surface area contributed by atoms with Crippen molar-refractivity contribution < 1.29 is 16.4 Å². The van der Waals surface area contributed by atoms with Crippen LogP contribution < -0.4 is 0 Å². The standard InChI is InChI=1S/C25H21FO3S2/c1-20-12-16-24(17-13-20)30(22-8-4-2-5-9-22,23-10-6-3-7-11-23)29-31(27,28)25-18-14-21(26)15-19-25/h2-19H,1H3. The normalized spacial score (nSPS) is 12.5. The van der Waals surface area contributed by atoms with Crippen LogP contribution in [-0.4, -0.2) is 8.42 Å². The topological polar surface area (TPSA) is 43.4 Å². The van der Waals surface area contributed by atoms with Gasteiger partial charge in [-0.3, -0.25) is 0 Å².